The lowest BCUT2D eigenvalue weighted by Crippen LogP contribution is -1.96. The van der Waals surface area contributed by atoms with Gasteiger partial charge in [-0.1, -0.05) is 40.2 Å². The highest BCUT2D eigenvalue weighted by Crippen LogP contribution is 2.44. The number of thioether (sulfide) groups is 1. The van der Waals surface area contributed by atoms with Crippen molar-refractivity contribution in [3.8, 4) is 21.6 Å². The topological polar surface area (TPSA) is 37.3 Å². The van der Waals surface area contributed by atoms with Crippen molar-refractivity contribution < 1.29 is 14.3 Å². The van der Waals surface area contributed by atoms with Gasteiger partial charge in [-0.2, -0.15) is 0 Å². The fourth-order valence-corrected chi connectivity index (χ4v) is 4.97. The maximum absolute atomic E-state index is 13.3. The molecule has 0 atom stereocenters. The minimum absolute atomic E-state index is 0.306. The predicted molar refractivity (Wildman–Crippen MR) is 107 cm³/mol. The van der Waals surface area contributed by atoms with E-state index in [4.69, 9.17) is 0 Å². The summed E-state index contributed by atoms with van der Waals surface area (Å²) in [4.78, 5) is 14.0. The van der Waals surface area contributed by atoms with Gasteiger partial charge in [-0.15, -0.1) is 23.1 Å². The lowest BCUT2D eigenvalue weighted by atomic mass is 9.98. The van der Waals surface area contributed by atoms with E-state index in [0.717, 1.165) is 32.0 Å². The molecule has 0 aliphatic heterocycles. The third kappa shape index (κ3) is 3.66. The molecule has 25 heavy (non-hydrogen) atoms. The van der Waals surface area contributed by atoms with Crippen LogP contribution in [-0.4, -0.2) is 17.3 Å². The molecule has 2 aromatic carbocycles. The predicted octanol–water partition coefficient (Wildman–Crippen LogP) is 6.54. The maximum atomic E-state index is 13.3. The SMILES string of the molecule is CSc1ccc(-c2c(-c3ccc(F)cc3)sc(C(=O)O)c2CBr)cc1. The van der Waals surface area contributed by atoms with Crippen LogP contribution < -0.4 is 0 Å². The number of carboxylic acid groups (broad SMARTS) is 1. The van der Waals surface area contributed by atoms with Crippen LogP contribution in [0.2, 0.25) is 0 Å². The van der Waals surface area contributed by atoms with Crippen LogP contribution in [0.4, 0.5) is 4.39 Å². The highest BCUT2D eigenvalue weighted by molar-refractivity contribution is 9.08. The summed E-state index contributed by atoms with van der Waals surface area (Å²) >= 11 is 6.31. The van der Waals surface area contributed by atoms with Gasteiger partial charge in [0.25, 0.3) is 0 Å². The van der Waals surface area contributed by atoms with Crippen LogP contribution >= 0.6 is 39.0 Å². The summed E-state index contributed by atoms with van der Waals surface area (Å²) < 4.78 is 13.3. The third-order valence-electron chi connectivity index (χ3n) is 3.82. The highest BCUT2D eigenvalue weighted by atomic mass is 79.9. The lowest BCUT2D eigenvalue weighted by Gasteiger charge is -2.08. The normalized spacial score (nSPS) is 10.8. The second-order valence-corrected chi connectivity index (χ2v) is 7.75. The van der Waals surface area contributed by atoms with E-state index in [2.05, 4.69) is 15.9 Å². The quantitative estimate of drug-likeness (QED) is 0.364. The summed E-state index contributed by atoms with van der Waals surface area (Å²) in [6, 6.07) is 14.2. The lowest BCUT2D eigenvalue weighted by molar-refractivity contribution is 0.0701. The van der Waals surface area contributed by atoms with E-state index in [0.29, 0.717) is 10.2 Å². The van der Waals surface area contributed by atoms with Gasteiger partial charge in [-0.3, -0.25) is 0 Å². The zero-order chi connectivity index (χ0) is 18.0. The van der Waals surface area contributed by atoms with Crippen LogP contribution in [0.1, 0.15) is 15.2 Å². The van der Waals surface area contributed by atoms with Crippen molar-refractivity contribution >= 4 is 45.0 Å². The molecule has 0 amide bonds. The first kappa shape index (κ1) is 18.2. The second kappa shape index (κ2) is 7.72. The van der Waals surface area contributed by atoms with Gasteiger partial charge >= 0.3 is 5.97 Å². The van der Waals surface area contributed by atoms with Gasteiger partial charge in [0.1, 0.15) is 10.7 Å². The number of rotatable bonds is 5. The first-order valence-electron chi connectivity index (χ1n) is 7.40. The fourth-order valence-electron chi connectivity index (χ4n) is 2.63. The molecular weight excluding hydrogens is 423 g/mol. The summed E-state index contributed by atoms with van der Waals surface area (Å²) in [7, 11) is 0. The summed E-state index contributed by atoms with van der Waals surface area (Å²) in [5.41, 5.74) is 3.40. The Morgan fingerprint density at radius 2 is 1.72 bits per heavy atom. The van der Waals surface area contributed by atoms with Crippen molar-refractivity contribution in [2.24, 2.45) is 0 Å². The van der Waals surface area contributed by atoms with E-state index in [9.17, 15) is 14.3 Å². The molecule has 0 radical (unpaired) electrons. The number of carbonyl (C=O) groups is 1. The standard InChI is InChI=1S/C19H14BrFO2S2/c1-24-14-8-4-11(5-9-14)16-15(10-20)18(19(22)23)25-17(16)12-2-6-13(21)7-3-12/h2-9H,10H2,1H3,(H,22,23). The molecule has 128 valence electrons. The van der Waals surface area contributed by atoms with E-state index in [1.54, 1.807) is 23.9 Å². The summed E-state index contributed by atoms with van der Waals surface area (Å²) in [6.45, 7) is 0. The summed E-state index contributed by atoms with van der Waals surface area (Å²) in [5.74, 6) is -1.26. The van der Waals surface area contributed by atoms with Gasteiger partial charge in [0.05, 0.1) is 0 Å². The third-order valence-corrected chi connectivity index (χ3v) is 6.39. The highest BCUT2D eigenvalue weighted by Gasteiger charge is 2.23. The minimum Gasteiger partial charge on any atom is -0.477 e. The Balaban J connectivity index is 2.25. The van der Waals surface area contributed by atoms with Gasteiger partial charge in [0.15, 0.2) is 0 Å². The monoisotopic (exact) mass is 436 g/mol. The molecule has 0 saturated heterocycles. The van der Waals surface area contributed by atoms with Gasteiger partial charge < -0.3 is 5.11 Å². The molecule has 0 spiro atoms. The minimum atomic E-state index is -0.949. The Hall–Kier alpha value is -1.63. The van der Waals surface area contributed by atoms with Crippen molar-refractivity contribution in [1.82, 2.24) is 0 Å². The smallest absolute Gasteiger partial charge is 0.346 e. The number of thiophene rings is 1. The van der Waals surface area contributed by atoms with Gasteiger partial charge in [-0.25, -0.2) is 9.18 Å². The van der Waals surface area contributed by atoms with Crippen LogP contribution in [0.5, 0.6) is 0 Å². The first-order chi connectivity index (χ1) is 12.0. The zero-order valence-corrected chi connectivity index (χ0v) is 16.5. The number of benzene rings is 2. The number of aromatic carboxylic acids is 1. The van der Waals surface area contributed by atoms with Crippen molar-refractivity contribution in [2.75, 3.05) is 6.26 Å². The molecular formula is C19H14BrFO2S2. The molecule has 2 nitrogen and oxygen atoms in total. The molecule has 0 bridgehead atoms. The van der Waals surface area contributed by atoms with Crippen LogP contribution in [0, 0.1) is 5.82 Å². The Bertz CT molecular complexity index is 902. The molecule has 3 aromatic rings. The molecule has 0 aliphatic carbocycles. The molecule has 3 rings (SSSR count). The number of alkyl halides is 1. The van der Waals surface area contributed by atoms with E-state index in [1.807, 2.05) is 30.5 Å². The fraction of sp³-hybridized carbons (Fsp3) is 0.105. The first-order valence-corrected chi connectivity index (χ1v) is 10.6. The Kier molecular flexibility index (Phi) is 5.61. The molecule has 0 aliphatic rings. The Labute approximate surface area is 161 Å². The van der Waals surface area contributed by atoms with Gasteiger partial charge in [-0.05, 0) is 47.2 Å². The molecule has 0 saturated carbocycles. The largest absolute Gasteiger partial charge is 0.477 e. The average Bonchev–Trinajstić information content (AvgIpc) is 3.02. The van der Waals surface area contributed by atoms with E-state index < -0.39 is 5.97 Å². The van der Waals surface area contributed by atoms with Crippen LogP contribution in [0.25, 0.3) is 21.6 Å². The average molecular weight is 437 g/mol. The van der Waals surface area contributed by atoms with Crippen molar-refractivity contribution in [3.05, 3.63) is 64.8 Å². The van der Waals surface area contributed by atoms with Crippen LogP contribution in [0.3, 0.4) is 0 Å². The van der Waals surface area contributed by atoms with E-state index in [-0.39, 0.29) is 5.82 Å². The van der Waals surface area contributed by atoms with Crippen molar-refractivity contribution in [3.63, 3.8) is 0 Å². The van der Waals surface area contributed by atoms with Crippen LogP contribution in [-0.2, 0) is 5.33 Å². The molecule has 0 unspecified atom stereocenters. The molecule has 6 heteroatoms. The zero-order valence-electron chi connectivity index (χ0n) is 13.3. The number of halogens is 2. The molecule has 1 aromatic heterocycles. The molecule has 1 N–H and O–H groups in total. The van der Waals surface area contributed by atoms with E-state index >= 15 is 0 Å². The Morgan fingerprint density at radius 3 is 2.24 bits per heavy atom. The van der Waals surface area contributed by atoms with Crippen LogP contribution in [0.15, 0.2) is 53.4 Å². The number of hydrogen-bond donors (Lipinski definition) is 1. The Morgan fingerprint density at radius 1 is 1.12 bits per heavy atom. The van der Waals surface area contributed by atoms with Crippen molar-refractivity contribution in [2.45, 2.75) is 10.2 Å². The second-order valence-electron chi connectivity index (χ2n) is 5.29. The van der Waals surface area contributed by atoms with Gasteiger partial charge in [0, 0.05) is 20.7 Å². The number of carboxylic acids is 1. The molecule has 0 fully saturated rings. The molecule has 1 heterocycles. The van der Waals surface area contributed by atoms with E-state index in [1.165, 1.54) is 23.5 Å². The summed E-state index contributed by atoms with van der Waals surface area (Å²) in [6.07, 6.45) is 2.01. The van der Waals surface area contributed by atoms with Crippen molar-refractivity contribution in [1.29, 1.82) is 0 Å². The number of hydrogen-bond acceptors (Lipinski definition) is 3. The summed E-state index contributed by atoms with van der Waals surface area (Å²) in [5, 5.41) is 10.0. The maximum Gasteiger partial charge on any atom is 0.346 e. The van der Waals surface area contributed by atoms with Gasteiger partial charge in [0.2, 0.25) is 0 Å².